The highest BCUT2D eigenvalue weighted by molar-refractivity contribution is 9.10. The van der Waals surface area contributed by atoms with Crippen LogP contribution in [0.4, 0.5) is 0 Å². The molecule has 2 unspecified atom stereocenters. The monoisotopic (exact) mass is 297 g/mol. The lowest BCUT2D eigenvalue weighted by molar-refractivity contribution is 0.371. The Morgan fingerprint density at radius 3 is 2.88 bits per heavy atom. The second-order valence-electron chi connectivity index (χ2n) is 4.19. The normalized spacial score (nSPS) is 14.8. The van der Waals surface area contributed by atoms with Gasteiger partial charge in [0.25, 0.3) is 0 Å². The molecule has 2 aromatic heterocycles. The van der Waals surface area contributed by atoms with Gasteiger partial charge >= 0.3 is 0 Å². The van der Waals surface area contributed by atoms with Crippen LogP contribution in [0.15, 0.2) is 39.9 Å². The minimum Gasteiger partial charge on any atom is -0.453 e. The van der Waals surface area contributed by atoms with Gasteiger partial charge < -0.3 is 14.3 Å². The zero-order valence-corrected chi connectivity index (χ0v) is 11.5. The molecule has 0 aliphatic heterocycles. The van der Waals surface area contributed by atoms with Crippen LogP contribution in [0.2, 0.25) is 0 Å². The number of hydrogen-bond donors (Lipinski definition) is 1. The zero-order chi connectivity index (χ0) is 12.3. The summed E-state index contributed by atoms with van der Waals surface area (Å²) in [6.45, 7) is 5.14. The predicted octanol–water partition coefficient (Wildman–Crippen LogP) is 2.98. The second-order valence-corrected chi connectivity index (χ2v) is 4.97. The molecular formula is C12H16BrN3O. The van der Waals surface area contributed by atoms with E-state index < -0.39 is 0 Å². The number of rotatable bonds is 5. The number of halogens is 1. The Morgan fingerprint density at radius 2 is 2.29 bits per heavy atom. The van der Waals surface area contributed by atoms with Gasteiger partial charge in [0.05, 0.1) is 12.4 Å². The Balaban J connectivity index is 1.88. The third-order valence-electron chi connectivity index (χ3n) is 2.60. The van der Waals surface area contributed by atoms with Gasteiger partial charge in [-0.15, -0.1) is 0 Å². The summed E-state index contributed by atoms with van der Waals surface area (Å²) in [4.78, 5) is 4.03. The Hall–Kier alpha value is -1.07. The van der Waals surface area contributed by atoms with Gasteiger partial charge in [0.1, 0.15) is 5.76 Å². The van der Waals surface area contributed by atoms with E-state index in [2.05, 4.69) is 44.6 Å². The molecule has 17 heavy (non-hydrogen) atoms. The highest BCUT2D eigenvalue weighted by Crippen LogP contribution is 2.20. The van der Waals surface area contributed by atoms with E-state index >= 15 is 0 Å². The number of nitrogens with zero attached hydrogens (tertiary/aromatic N) is 2. The first-order valence-corrected chi connectivity index (χ1v) is 6.41. The third-order valence-corrected chi connectivity index (χ3v) is 3.03. The summed E-state index contributed by atoms with van der Waals surface area (Å²) in [5, 5.41) is 3.48. The number of aromatic nitrogens is 2. The molecule has 4 nitrogen and oxygen atoms in total. The maximum Gasteiger partial charge on any atom is 0.169 e. The average Bonchev–Trinajstić information content (AvgIpc) is 2.89. The lowest BCUT2D eigenvalue weighted by Crippen LogP contribution is -2.32. The third kappa shape index (κ3) is 3.44. The standard InChI is InChI=1S/C12H16BrN3O/c1-9(7-16-6-5-14-8-16)15-10(2)11-3-4-12(13)17-11/h3-6,8-10,15H,7H2,1-2H3. The van der Waals surface area contributed by atoms with Crippen molar-refractivity contribution in [3.05, 3.63) is 41.3 Å². The van der Waals surface area contributed by atoms with Gasteiger partial charge in [-0.2, -0.15) is 0 Å². The van der Waals surface area contributed by atoms with Gasteiger partial charge in [-0.25, -0.2) is 4.98 Å². The van der Waals surface area contributed by atoms with Gasteiger partial charge in [0.2, 0.25) is 0 Å². The molecule has 0 saturated carbocycles. The Kier molecular flexibility index (Phi) is 4.02. The van der Waals surface area contributed by atoms with Crippen LogP contribution < -0.4 is 5.32 Å². The van der Waals surface area contributed by atoms with Crippen molar-refractivity contribution in [3.8, 4) is 0 Å². The van der Waals surface area contributed by atoms with Crippen LogP contribution in [0.3, 0.4) is 0 Å². The summed E-state index contributed by atoms with van der Waals surface area (Å²) in [7, 11) is 0. The quantitative estimate of drug-likeness (QED) is 0.923. The van der Waals surface area contributed by atoms with E-state index in [1.54, 1.807) is 6.20 Å². The fourth-order valence-corrected chi connectivity index (χ4v) is 2.15. The van der Waals surface area contributed by atoms with Crippen molar-refractivity contribution in [2.45, 2.75) is 32.5 Å². The van der Waals surface area contributed by atoms with Crippen molar-refractivity contribution in [1.82, 2.24) is 14.9 Å². The molecular weight excluding hydrogens is 282 g/mol. The van der Waals surface area contributed by atoms with E-state index in [1.165, 1.54) is 0 Å². The van der Waals surface area contributed by atoms with Gasteiger partial charge in [-0.3, -0.25) is 0 Å². The summed E-state index contributed by atoms with van der Waals surface area (Å²) < 4.78 is 8.34. The van der Waals surface area contributed by atoms with E-state index in [1.807, 2.05) is 24.7 Å². The minimum atomic E-state index is 0.194. The van der Waals surface area contributed by atoms with Crippen LogP contribution in [0, 0.1) is 0 Å². The van der Waals surface area contributed by atoms with E-state index in [0.29, 0.717) is 6.04 Å². The molecule has 0 bridgehead atoms. The topological polar surface area (TPSA) is 43.0 Å². The Morgan fingerprint density at radius 1 is 1.47 bits per heavy atom. The van der Waals surface area contributed by atoms with Crippen LogP contribution >= 0.6 is 15.9 Å². The first-order chi connectivity index (χ1) is 8.15. The summed E-state index contributed by atoms with van der Waals surface area (Å²) in [6.07, 6.45) is 5.58. The summed E-state index contributed by atoms with van der Waals surface area (Å²) in [6, 6.07) is 4.43. The summed E-state index contributed by atoms with van der Waals surface area (Å²) in [5.74, 6) is 0.939. The van der Waals surface area contributed by atoms with E-state index in [-0.39, 0.29) is 6.04 Å². The summed E-state index contributed by atoms with van der Waals surface area (Å²) in [5.41, 5.74) is 0. The van der Waals surface area contributed by atoms with Crippen molar-refractivity contribution in [1.29, 1.82) is 0 Å². The minimum absolute atomic E-state index is 0.194. The van der Waals surface area contributed by atoms with Crippen LogP contribution in [-0.4, -0.2) is 15.6 Å². The first kappa shape index (κ1) is 12.4. The maximum atomic E-state index is 5.52. The Labute approximate surface area is 109 Å². The SMILES string of the molecule is CC(Cn1ccnc1)NC(C)c1ccc(Br)o1. The van der Waals surface area contributed by atoms with Gasteiger partial charge in [0, 0.05) is 25.0 Å². The van der Waals surface area contributed by atoms with E-state index in [0.717, 1.165) is 17.0 Å². The van der Waals surface area contributed by atoms with E-state index in [9.17, 15) is 0 Å². The number of imidazole rings is 1. The van der Waals surface area contributed by atoms with Crippen LogP contribution in [0.1, 0.15) is 25.6 Å². The highest BCUT2D eigenvalue weighted by atomic mass is 79.9. The fraction of sp³-hybridized carbons (Fsp3) is 0.417. The number of furan rings is 1. The van der Waals surface area contributed by atoms with Crippen molar-refractivity contribution in [2.75, 3.05) is 0 Å². The molecule has 0 radical (unpaired) electrons. The first-order valence-electron chi connectivity index (χ1n) is 5.62. The van der Waals surface area contributed by atoms with Crippen molar-refractivity contribution >= 4 is 15.9 Å². The molecule has 92 valence electrons. The molecule has 0 aromatic carbocycles. The molecule has 2 rings (SSSR count). The van der Waals surface area contributed by atoms with Crippen molar-refractivity contribution in [2.24, 2.45) is 0 Å². The molecule has 0 aliphatic rings. The van der Waals surface area contributed by atoms with E-state index in [4.69, 9.17) is 4.42 Å². The zero-order valence-electron chi connectivity index (χ0n) is 9.93. The lowest BCUT2D eigenvalue weighted by Gasteiger charge is -2.18. The van der Waals surface area contributed by atoms with Crippen molar-refractivity contribution in [3.63, 3.8) is 0 Å². The smallest absolute Gasteiger partial charge is 0.169 e. The molecule has 0 spiro atoms. The molecule has 2 heterocycles. The lowest BCUT2D eigenvalue weighted by atomic mass is 10.2. The highest BCUT2D eigenvalue weighted by Gasteiger charge is 2.12. The molecule has 0 aliphatic carbocycles. The molecule has 2 atom stereocenters. The molecule has 5 heteroatoms. The largest absolute Gasteiger partial charge is 0.453 e. The van der Waals surface area contributed by atoms with Gasteiger partial charge in [-0.1, -0.05) is 0 Å². The molecule has 0 saturated heterocycles. The second kappa shape index (κ2) is 5.51. The Bertz CT molecular complexity index is 452. The molecule has 0 amide bonds. The van der Waals surface area contributed by atoms with Crippen molar-refractivity contribution < 1.29 is 4.42 Å². The average molecular weight is 298 g/mol. The van der Waals surface area contributed by atoms with Gasteiger partial charge in [0.15, 0.2) is 4.67 Å². The molecule has 1 N–H and O–H groups in total. The number of nitrogens with one attached hydrogen (secondary N) is 1. The maximum absolute atomic E-state index is 5.52. The van der Waals surface area contributed by atoms with Gasteiger partial charge in [-0.05, 0) is 41.9 Å². The predicted molar refractivity (Wildman–Crippen MR) is 69.6 cm³/mol. The van der Waals surface area contributed by atoms with Crippen LogP contribution in [-0.2, 0) is 6.54 Å². The van der Waals surface area contributed by atoms with Crippen LogP contribution in [0.5, 0.6) is 0 Å². The molecule has 0 fully saturated rings. The van der Waals surface area contributed by atoms with Crippen LogP contribution in [0.25, 0.3) is 0 Å². The molecule has 2 aromatic rings. The fourth-order valence-electron chi connectivity index (χ4n) is 1.83. The summed E-state index contributed by atoms with van der Waals surface area (Å²) >= 11 is 3.31. The number of hydrogen-bond acceptors (Lipinski definition) is 3.